The topological polar surface area (TPSA) is 96.0 Å². The van der Waals surface area contributed by atoms with Crippen molar-refractivity contribution in [2.75, 3.05) is 25.0 Å². The number of anilines is 1. The lowest BCUT2D eigenvalue weighted by Gasteiger charge is -2.33. The lowest BCUT2D eigenvalue weighted by molar-refractivity contribution is -0.139. The van der Waals surface area contributed by atoms with E-state index in [4.69, 9.17) is 16.3 Å². The molecule has 0 heterocycles. The first-order valence-corrected chi connectivity index (χ1v) is 15.1. The number of methoxy groups -OCH3 is 1. The van der Waals surface area contributed by atoms with Gasteiger partial charge < -0.3 is 15.0 Å². The Kier molecular flexibility index (Phi) is 10.2. The van der Waals surface area contributed by atoms with E-state index in [-0.39, 0.29) is 29.5 Å². The first-order chi connectivity index (χ1) is 20.2. The molecule has 0 radical (unpaired) electrons. The number of hydrogen-bond acceptors (Lipinski definition) is 5. The molecule has 2 amide bonds. The molecule has 1 N–H and O–H groups in total. The highest BCUT2D eigenvalue weighted by atomic mass is 35.5. The number of amides is 2. The smallest absolute Gasteiger partial charge is 0.264 e. The molecule has 0 spiro atoms. The molecule has 4 rings (SSSR count). The van der Waals surface area contributed by atoms with Crippen molar-refractivity contribution in [3.8, 4) is 5.75 Å². The van der Waals surface area contributed by atoms with E-state index in [2.05, 4.69) is 5.32 Å². The number of carbonyl (C=O) groups is 2. The molecule has 4 aromatic carbocycles. The minimum Gasteiger partial charge on any atom is -0.497 e. The van der Waals surface area contributed by atoms with Crippen LogP contribution in [0.5, 0.6) is 5.75 Å². The van der Waals surface area contributed by atoms with Crippen LogP contribution in [0.2, 0.25) is 5.02 Å². The fourth-order valence-corrected chi connectivity index (χ4v) is 6.21. The van der Waals surface area contributed by atoms with E-state index in [0.29, 0.717) is 16.3 Å². The van der Waals surface area contributed by atoms with Crippen molar-refractivity contribution < 1.29 is 22.7 Å². The summed E-state index contributed by atoms with van der Waals surface area (Å²) < 4.78 is 34.3. The molecule has 0 aromatic heterocycles. The molecule has 0 unspecified atom stereocenters. The summed E-state index contributed by atoms with van der Waals surface area (Å²) in [6.45, 7) is -0.533. The maximum atomic E-state index is 14.3. The van der Waals surface area contributed by atoms with Gasteiger partial charge in [0.15, 0.2) is 0 Å². The van der Waals surface area contributed by atoms with Crippen LogP contribution in [0.25, 0.3) is 0 Å². The molecule has 42 heavy (non-hydrogen) atoms. The van der Waals surface area contributed by atoms with Crippen LogP contribution in [0.4, 0.5) is 5.69 Å². The lowest BCUT2D eigenvalue weighted by Crippen LogP contribution is -2.53. The molecular weight excluding hydrogens is 574 g/mol. The van der Waals surface area contributed by atoms with Gasteiger partial charge in [0.25, 0.3) is 10.0 Å². The Balaban J connectivity index is 1.79. The summed E-state index contributed by atoms with van der Waals surface area (Å²) in [4.78, 5) is 29.0. The zero-order valence-corrected chi connectivity index (χ0v) is 24.9. The zero-order valence-electron chi connectivity index (χ0n) is 23.3. The van der Waals surface area contributed by atoms with Gasteiger partial charge in [-0.3, -0.25) is 13.9 Å². The number of hydrogen-bond donors (Lipinski definition) is 1. The predicted octanol–water partition coefficient (Wildman–Crippen LogP) is 4.93. The van der Waals surface area contributed by atoms with E-state index in [1.54, 1.807) is 66.7 Å². The number of benzene rings is 4. The zero-order chi connectivity index (χ0) is 30.1. The third-order valence-corrected chi connectivity index (χ3v) is 8.73. The maximum absolute atomic E-state index is 14.3. The molecule has 4 aromatic rings. The summed E-state index contributed by atoms with van der Waals surface area (Å²) in [5.74, 6) is -0.522. The van der Waals surface area contributed by atoms with Gasteiger partial charge >= 0.3 is 0 Å². The highest BCUT2D eigenvalue weighted by molar-refractivity contribution is 7.92. The molecular formula is C32H32ClN3O5S. The summed E-state index contributed by atoms with van der Waals surface area (Å²) in [6.07, 6.45) is 0.220. The first-order valence-electron chi connectivity index (χ1n) is 13.2. The Morgan fingerprint density at radius 1 is 0.857 bits per heavy atom. The van der Waals surface area contributed by atoms with Crippen molar-refractivity contribution in [2.24, 2.45) is 0 Å². The first kappa shape index (κ1) is 30.6. The van der Waals surface area contributed by atoms with Crippen LogP contribution in [-0.2, 0) is 32.6 Å². The Labute approximate surface area is 251 Å². The lowest BCUT2D eigenvalue weighted by atomic mass is 10.0. The van der Waals surface area contributed by atoms with E-state index in [1.807, 2.05) is 30.3 Å². The molecule has 0 aliphatic carbocycles. The Hall–Kier alpha value is -4.34. The average molecular weight is 606 g/mol. The highest BCUT2D eigenvalue weighted by Crippen LogP contribution is 2.28. The largest absolute Gasteiger partial charge is 0.497 e. The SMILES string of the molecule is CNC(=O)[C@@H](Cc1ccccc1)N(Cc1cccc(Cl)c1)C(=O)CN(c1cccc(OC)c1)S(=O)(=O)c1ccccc1. The van der Waals surface area contributed by atoms with Crippen molar-refractivity contribution in [3.63, 3.8) is 0 Å². The van der Waals surface area contributed by atoms with Crippen LogP contribution in [-0.4, -0.2) is 51.9 Å². The number of halogens is 1. The Bertz CT molecular complexity index is 1620. The standard InChI is InChI=1S/C32H32ClN3O5S/c1-34-32(38)30(20-24-11-5-3-6-12-24)35(22-25-13-9-14-26(33)19-25)31(37)23-36(27-15-10-16-28(21-27)41-2)42(39,40)29-17-7-4-8-18-29/h3-19,21,30H,20,22-23H2,1-2H3,(H,34,38)/t30-/m1/s1. The number of carbonyl (C=O) groups excluding carboxylic acids is 2. The van der Waals surface area contributed by atoms with E-state index < -0.39 is 28.5 Å². The summed E-state index contributed by atoms with van der Waals surface area (Å²) >= 11 is 6.25. The third-order valence-electron chi connectivity index (χ3n) is 6.71. The van der Waals surface area contributed by atoms with E-state index >= 15 is 0 Å². The van der Waals surface area contributed by atoms with Crippen molar-refractivity contribution in [2.45, 2.75) is 23.9 Å². The van der Waals surface area contributed by atoms with Crippen molar-refractivity contribution in [1.82, 2.24) is 10.2 Å². The fourth-order valence-electron chi connectivity index (χ4n) is 4.57. The van der Waals surface area contributed by atoms with Crippen LogP contribution >= 0.6 is 11.6 Å². The monoisotopic (exact) mass is 605 g/mol. The fraction of sp³-hybridized carbons (Fsp3) is 0.188. The normalized spacial score (nSPS) is 11.8. The van der Waals surface area contributed by atoms with Gasteiger partial charge in [-0.15, -0.1) is 0 Å². The van der Waals surface area contributed by atoms with Crippen LogP contribution in [0.1, 0.15) is 11.1 Å². The molecule has 0 saturated carbocycles. The molecule has 8 nitrogen and oxygen atoms in total. The van der Waals surface area contributed by atoms with Gasteiger partial charge in [0, 0.05) is 31.1 Å². The second-order valence-corrected chi connectivity index (χ2v) is 11.8. The van der Waals surface area contributed by atoms with Gasteiger partial charge in [0.1, 0.15) is 18.3 Å². The molecule has 0 saturated heterocycles. The van der Waals surface area contributed by atoms with Crippen LogP contribution in [0, 0.1) is 0 Å². The number of rotatable bonds is 12. The molecule has 0 bridgehead atoms. The van der Waals surface area contributed by atoms with E-state index in [9.17, 15) is 18.0 Å². The summed E-state index contributed by atoms with van der Waals surface area (Å²) in [6, 6.07) is 29.8. The minimum absolute atomic E-state index is 0.0224. The van der Waals surface area contributed by atoms with E-state index in [0.717, 1.165) is 9.87 Å². The Morgan fingerprint density at radius 2 is 1.50 bits per heavy atom. The molecule has 0 aliphatic rings. The second kappa shape index (κ2) is 14.0. The molecule has 1 atom stereocenters. The van der Waals surface area contributed by atoms with E-state index in [1.165, 1.54) is 31.2 Å². The minimum atomic E-state index is -4.19. The number of sulfonamides is 1. The van der Waals surface area contributed by atoms with Crippen LogP contribution in [0.3, 0.4) is 0 Å². The van der Waals surface area contributed by atoms with Crippen LogP contribution in [0.15, 0.2) is 114 Å². The molecule has 0 fully saturated rings. The number of nitrogens with one attached hydrogen (secondary N) is 1. The summed E-state index contributed by atoms with van der Waals surface area (Å²) in [7, 11) is -1.21. The van der Waals surface area contributed by atoms with Gasteiger partial charge in [0.2, 0.25) is 11.8 Å². The van der Waals surface area contributed by atoms with Crippen LogP contribution < -0.4 is 14.4 Å². The quantitative estimate of drug-likeness (QED) is 0.247. The summed E-state index contributed by atoms with van der Waals surface area (Å²) in [5, 5.41) is 3.14. The second-order valence-electron chi connectivity index (χ2n) is 9.50. The molecule has 218 valence electrons. The molecule has 10 heteroatoms. The van der Waals surface area contributed by atoms with Gasteiger partial charge in [-0.05, 0) is 47.5 Å². The third kappa shape index (κ3) is 7.48. The number of ether oxygens (including phenoxy) is 1. The van der Waals surface area contributed by atoms with Gasteiger partial charge in [-0.2, -0.15) is 0 Å². The predicted molar refractivity (Wildman–Crippen MR) is 164 cm³/mol. The highest BCUT2D eigenvalue weighted by Gasteiger charge is 2.34. The number of likely N-dealkylation sites (N-methyl/N-ethyl adjacent to an activating group) is 1. The average Bonchev–Trinajstić information content (AvgIpc) is 3.02. The van der Waals surface area contributed by atoms with Crippen molar-refractivity contribution >= 4 is 39.1 Å². The Morgan fingerprint density at radius 3 is 2.14 bits per heavy atom. The van der Waals surface area contributed by atoms with Crippen molar-refractivity contribution in [3.05, 3.63) is 125 Å². The molecule has 0 aliphatic heterocycles. The van der Waals surface area contributed by atoms with Gasteiger partial charge in [0.05, 0.1) is 17.7 Å². The maximum Gasteiger partial charge on any atom is 0.264 e. The van der Waals surface area contributed by atoms with Gasteiger partial charge in [-0.1, -0.05) is 78.3 Å². The number of nitrogens with zero attached hydrogens (tertiary/aromatic N) is 2. The summed E-state index contributed by atoms with van der Waals surface area (Å²) in [5.41, 5.74) is 1.78. The van der Waals surface area contributed by atoms with Crippen molar-refractivity contribution in [1.29, 1.82) is 0 Å². The van der Waals surface area contributed by atoms with Gasteiger partial charge in [-0.25, -0.2) is 8.42 Å².